The van der Waals surface area contributed by atoms with E-state index in [0.717, 1.165) is 16.6 Å². The van der Waals surface area contributed by atoms with Gasteiger partial charge in [-0.1, -0.05) is 30.3 Å². The normalized spacial score (nSPS) is 16.6. The standard InChI is InChI=1S/C19H18ClN3OS2/c1-10-3-2-4-14-15(10)16-17(21)22-19(23-18(16)26-14)25-9-13(24)11-5-7-12(20)8-6-11/h5-8,10H,2-4,9H2,1H3,(H2,21,22,23). The predicted octanol–water partition coefficient (Wildman–Crippen LogP) is 5.34. The number of hydrogen-bond acceptors (Lipinski definition) is 6. The van der Waals surface area contributed by atoms with Crippen LogP contribution < -0.4 is 5.73 Å². The number of nitrogens with zero attached hydrogens (tertiary/aromatic N) is 2. The van der Waals surface area contributed by atoms with E-state index in [0.29, 0.717) is 27.5 Å². The summed E-state index contributed by atoms with van der Waals surface area (Å²) >= 11 is 8.91. The van der Waals surface area contributed by atoms with Gasteiger partial charge in [-0.3, -0.25) is 4.79 Å². The highest BCUT2D eigenvalue weighted by Gasteiger charge is 2.25. The van der Waals surface area contributed by atoms with Crippen molar-refractivity contribution in [1.29, 1.82) is 0 Å². The molecule has 134 valence electrons. The summed E-state index contributed by atoms with van der Waals surface area (Å²) in [4.78, 5) is 23.8. The molecule has 0 aliphatic heterocycles. The molecule has 2 aromatic heterocycles. The topological polar surface area (TPSA) is 68.9 Å². The van der Waals surface area contributed by atoms with E-state index in [9.17, 15) is 4.79 Å². The van der Waals surface area contributed by atoms with Crippen LogP contribution >= 0.6 is 34.7 Å². The Morgan fingerprint density at radius 3 is 2.88 bits per heavy atom. The van der Waals surface area contributed by atoms with Gasteiger partial charge in [-0.25, -0.2) is 9.97 Å². The molecule has 0 saturated heterocycles. The van der Waals surface area contributed by atoms with E-state index in [1.54, 1.807) is 35.6 Å². The number of carbonyl (C=O) groups excluding carboxylic acids is 1. The molecule has 1 atom stereocenters. The Morgan fingerprint density at radius 2 is 2.12 bits per heavy atom. The molecule has 1 aliphatic carbocycles. The van der Waals surface area contributed by atoms with Crippen LogP contribution in [0.2, 0.25) is 5.02 Å². The molecule has 1 unspecified atom stereocenters. The number of aromatic nitrogens is 2. The first kappa shape index (κ1) is 17.8. The number of hydrogen-bond donors (Lipinski definition) is 1. The van der Waals surface area contributed by atoms with Gasteiger partial charge in [0.15, 0.2) is 10.9 Å². The summed E-state index contributed by atoms with van der Waals surface area (Å²) in [5.74, 6) is 1.33. The number of thioether (sulfide) groups is 1. The van der Waals surface area contributed by atoms with Crippen molar-refractivity contribution in [3.63, 3.8) is 0 Å². The summed E-state index contributed by atoms with van der Waals surface area (Å²) in [6.07, 6.45) is 3.49. The maximum Gasteiger partial charge on any atom is 0.191 e. The van der Waals surface area contributed by atoms with Crippen LogP contribution in [0.25, 0.3) is 10.2 Å². The maximum atomic E-state index is 12.3. The highest BCUT2D eigenvalue weighted by molar-refractivity contribution is 7.99. The van der Waals surface area contributed by atoms with E-state index < -0.39 is 0 Å². The monoisotopic (exact) mass is 403 g/mol. The van der Waals surface area contributed by atoms with Gasteiger partial charge in [0.25, 0.3) is 0 Å². The molecule has 2 heterocycles. The maximum absolute atomic E-state index is 12.3. The van der Waals surface area contributed by atoms with Crippen molar-refractivity contribution < 1.29 is 4.79 Å². The molecule has 26 heavy (non-hydrogen) atoms. The zero-order valence-corrected chi connectivity index (χ0v) is 16.7. The molecule has 1 aromatic carbocycles. The summed E-state index contributed by atoms with van der Waals surface area (Å²) in [6, 6.07) is 6.91. The summed E-state index contributed by atoms with van der Waals surface area (Å²) in [5, 5.41) is 2.20. The largest absolute Gasteiger partial charge is 0.383 e. The van der Waals surface area contributed by atoms with Crippen molar-refractivity contribution in [2.75, 3.05) is 11.5 Å². The van der Waals surface area contributed by atoms with E-state index in [2.05, 4.69) is 16.9 Å². The van der Waals surface area contributed by atoms with Crippen LogP contribution in [0.4, 0.5) is 5.82 Å². The highest BCUT2D eigenvalue weighted by Crippen LogP contribution is 2.43. The van der Waals surface area contributed by atoms with Gasteiger partial charge in [-0.15, -0.1) is 11.3 Å². The van der Waals surface area contributed by atoms with E-state index in [1.165, 1.54) is 35.0 Å². The molecule has 0 bridgehead atoms. The highest BCUT2D eigenvalue weighted by atomic mass is 35.5. The van der Waals surface area contributed by atoms with E-state index in [4.69, 9.17) is 17.3 Å². The van der Waals surface area contributed by atoms with Gasteiger partial charge < -0.3 is 5.73 Å². The number of anilines is 1. The van der Waals surface area contributed by atoms with Crippen LogP contribution in [0, 0.1) is 0 Å². The number of fused-ring (bicyclic) bond motifs is 3. The third-order valence-electron chi connectivity index (χ3n) is 4.71. The van der Waals surface area contributed by atoms with Gasteiger partial charge in [0.05, 0.1) is 11.1 Å². The summed E-state index contributed by atoms with van der Waals surface area (Å²) in [5.41, 5.74) is 8.24. The average Bonchev–Trinajstić information content (AvgIpc) is 3.00. The number of nitrogens with two attached hydrogens (primary N) is 1. The zero-order valence-electron chi connectivity index (χ0n) is 14.3. The Hall–Kier alpha value is -1.63. The minimum atomic E-state index is 0.0213. The van der Waals surface area contributed by atoms with Gasteiger partial charge in [0, 0.05) is 15.5 Å². The predicted molar refractivity (Wildman–Crippen MR) is 110 cm³/mol. The molecule has 2 N–H and O–H groups in total. The lowest BCUT2D eigenvalue weighted by molar-refractivity contribution is 0.102. The first-order valence-corrected chi connectivity index (χ1v) is 10.7. The molecule has 3 aromatic rings. The number of halogens is 1. The number of nitrogen functional groups attached to an aromatic ring is 1. The second-order valence-corrected chi connectivity index (χ2v) is 8.99. The van der Waals surface area contributed by atoms with Gasteiger partial charge in [-0.2, -0.15) is 0 Å². The van der Waals surface area contributed by atoms with Gasteiger partial charge in [0.2, 0.25) is 0 Å². The Morgan fingerprint density at radius 1 is 1.35 bits per heavy atom. The Balaban J connectivity index is 1.58. The summed E-state index contributed by atoms with van der Waals surface area (Å²) in [7, 11) is 0. The van der Waals surface area contributed by atoms with Crippen molar-refractivity contribution >= 4 is 56.5 Å². The van der Waals surface area contributed by atoms with Crippen molar-refractivity contribution in [1.82, 2.24) is 9.97 Å². The third kappa shape index (κ3) is 3.33. The second kappa shape index (κ2) is 7.18. The van der Waals surface area contributed by atoms with Gasteiger partial charge >= 0.3 is 0 Å². The first-order chi connectivity index (χ1) is 12.5. The SMILES string of the molecule is CC1CCCc2sc3nc(SCC(=O)c4ccc(Cl)cc4)nc(N)c3c21. The molecule has 0 radical (unpaired) electrons. The molecule has 7 heteroatoms. The number of rotatable bonds is 4. The first-order valence-electron chi connectivity index (χ1n) is 8.53. The average molecular weight is 404 g/mol. The Labute approximate surface area is 165 Å². The fourth-order valence-corrected chi connectivity index (χ4v) is 5.68. The van der Waals surface area contributed by atoms with E-state index in [1.807, 2.05) is 0 Å². The summed E-state index contributed by atoms with van der Waals surface area (Å²) < 4.78 is 0. The minimum Gasteiger partial charge on any atom is -0.383 e. The number of Topliss-reactive ketones (excluding diaryl/α,β-unsaturated/α-hetero) is 1. The van der Waals surface area contributed by atoms with E-state index >= 15 is 0 Å². The van der Waals surface area contributed by atoms with Crippen LogP contribution in [-0.4, -0.2) is 21.5 Å². The Bertz CT molecular complexity index is 985. The van der Waals surface area contributed by atoms with Crippen molar-refractivity contribution in [3.05, 3.63) is 45.3 Å². The molecule has 4 nitrogen and oxygen atoms in total. The second-order valence-electron chi connectivity index (χ2n) is 6.52. The molecule has 0 fully saturated rings. The van der Waals surface area contributed by atoms with Crippen LogP contribution in [0.15, 0.2) is 29.4 Å². The lowest BCUT2D eigenvalue weighted by atomic mass is 9.87. The number of carbonyl (C=O) groups is 1. The minimum absolute atomic E-state index is 0.0213. The van der Waals surface area contributed by atoms with Crippen LogP contribution in [0.3, 0.4) is 0 Å². The van der Waals surface area contributed by atoms with Crippen molar-refractivity contribution in [2.24, 2.45) is 0 Å². The van der Waals surface area contributed by atoms with Crippen molar-refractivity contribution in [3.8, 4) is 0 Å². The van der Waals surface area contributed by atoms with Gasteiger partial charge in [0.1, 0.15) is 10.6 Å². The molecule has 0 spiro atoms. The van der Waals surface area contributed by atoms with Crippen LogP contribution in [-0.2, 0) is 6.42 Å². The molecular weight excluding hydrogens is 386 g/mol. The van der Waals surface area contributed by atoms with Gasteiger partial charge in [-0.05, 0) is 55.0 Å². The molecule has 1 aliphatic rings. The number of ketones is 1. The summed E-state index contributed by atoms with van der Waals surface area (Å²) in [6.45, 7) is 2.25. The fourth-order valence-electron chi connectivity index (χ4n) is 3.41. The number of aryl methyl sites for hydroxylation is 1. The fraction of sp³-hybridized carbons (Fsp3) is 0.316. The number of benzene rings is 1. The molecule has 4 rings (SSSR count). The van der Waals surface area contributed by atoms with Crippen LogP contribution in [0.5, 0.6) is 0 Å². The third-order valence-corrected chi connectivity index (χ3v) is 6.96. The quantitative estimate of drug-likeness (QED) is 0.361. The zero-order chi connectivity index (χ0) is 18.3. The number of thiophene rings is 1. The van der Waals surface area contributed by atoms with E-state index in [-0.39, 0.29) is 11.5 Å². The lowest BCUT2D eigenvalue weighted by Gasteiger charge is -2.18. The molecule has 0 saturated carbocycles. The van der Waals surface area contributed by atoms with Crippen molar-refractivity contribution in [2.45, 2.75) is 37.3 Å². The smallest absolute Gasteiger partial charge is 0.191 e. The molecular formula is C19H18ClN3OS2. The molecule has 0 amide bonds. The lowest BCUT2D eigenvalue weighted by Crippen LogP contribution is -2.06. The van der Waals surface area contributed by atoms with Crippen LogP contribution in [0.1, 0.15) is 46.5 Å². The Kier molecular flexibility index (Phi) is 4.90.